The van der Waals surface area contributed by atoms with E-state index in [4.69, 9.17) is 0 Å². The molecule has 0 atom stereocenters. The van der Waals surface area contributed by atoms with Gasteiger partial charge in [-0.3, -0.25) is 0 Å². The maximum absolute atomic E-state index is 3.93. The van der Waals surface area contributed by atoms with Crippen molar-refractivity contribution in [2.75, 3.05) is 0 Å². The van der Waals surface area contributed by atoms with Gasteiger partial charge in [0.05, 0.1) is 0 Å². The summed E-state index contributed by atoms with van der Waals surface area (Å²) in [4.78, 5) is 0. The first-order valence-corrected chi connectivity index (χ1v) is 8.25. The standard InChI is InChI=1S/C22H24/c1-3-17-5-9-19(10-6-17)21-13-15-22(16-14-21)20-11-7-18(4-2)8-12-20/h3-6,9-10,13-16,18,20H,1-2,7-8,11-12H2. The SMILES string of the molecule is C=Cc1ccc(-c2ccc(C3CCC(C=C)CC3)cc2)cc1. The topological polar surface area (TPSA) is 0 Å². The number of hydrogen-bond acceptors (Lipinski definition) is 0. The lowest BCUT2D eigenvalue weighted by atomic mass is 9.78. The summed E-state index contributed by atoms with van der Waals surface area (Å²) in [6, 6.07) is 17.7. The molecule has 0 nitrogen and oxygen atoms in total. The van der Waals surface area contributed by atoms with E-state index in [0.717, 1.165) is 11.8 Å². The van der Waals surface area contributed by atoms with Crippen molar-refractivity contribution >= 4 is 6.08 Å². The molecule has 3 rings (SSSR count). The minimum atomic E-state index is 0.730. The summed E-state index contributed by atoms with van der Waals surface area (Å²) in [5, 5.41) is 0. The van der Waals surface area contributed by atoms with Gasteiger partial charge in [0.25, 0.3) is 0 Å². The molecule has 2 aromatic rings. The number of hydrogen-bond donors (Lipinski definition) is 0. The molecule has 0 amide bonds. The summed E-state index contributed by atoms with van der Waals surface area (Å²) in [5.41, 5.74) is 5.22. The van der Waals surface area contributed by atoms with Gasteiger partial charge in [-0.2, -0.15) is 0 Å². The van der Waals surface area contributed by atoms with E-state index in [2.05, 4.69) is 67.8 Å². The Morgan fingerprint density at radius 3 is 1.77 bits per heavy atom. The molecule has 0 heterocycles. The fourth-order valence-corrected chi connectivity index (χ4v) is 3.45. The molecule has 1 saturated carbocycles. The van der Waals surface area contributed by atoms with Gasteiger partial charge in [-0.25, -0.2) is 0 Å². The van der Waals surface area contributed by atoms with Crippen LogP contribution in [0.2, 0.25) is 0 Å². The molecular weight excluding hydrogens is 264 g/mol. The predicted molar refractivity (Wildman–Crippen MR) is 96.9 cm³/mol. The lowest BCUT2D eigenvalue weighted by Gasteiger charge is -2.27. The largest absolute Gasteiger partial charge is 0.103 e. The first kappa shape index (κ1) is 14.8. The summed E-state index contributed by atoms with van der Waals surface area (Å²) in [6.45, 7) is 7.74. The van der Waals surface area contributed by atoms with E-state index in [1.807, 2.05) is 6.08 Å². The molecule has 1 aliphatic carbocycles. The van der Waals surface area contributed by atoms with E-state index in [1.54, 1.807) is 0 Å². The van der Waals surface area contributed by atoms with Gasteiger partial charge in [0, 0.05) is 0 Å². The lowest BCUT2D eigenvalue weighted by Crippen LogP contribution is -2.11. The Kier molecular flexibility index (Phi) is 4.58. The van der Waals surface area contributed by atoms with Crippen molar-refractivity contribution in [2.45, 2.75) is 31.6 Å². The maximum atomic E-state index is 3.93. The highest BCUT2D eigenvalue weighted by Crippen LogP contribution is 2.36. The van der Waals surface area contributed by atoms with E-state index < -0.39 is 0 Å². The second-order valence-electron chi connectivity index (χ2n) is 6.30. The molecular formula is C22H24. The minimum Gasteiger partial charge on any atom is -0.103 e. The van der Waals surface area contributed by atoms with E-state index >= 15 is 0 Å². The highest BCUT2D eigenvalue weighted by atomic mass is 14.2. The molecule has 112 valence electrons. The molecule has 2 aromatic carbocycles. The van der Waals surface area contributed by atoms with Gasteiger partial charge in [-0.05, 0) is 59.8 Å². The summed E-state index contributed by atoms with van der Waals surface area (Å²) in [7, 11) is 0. The van der Waals surface area contributed by atoms with Crippen LogP contribution in [-0.2, 0) is 0 Å². The van der Waals surface area contributed by atoms with Crippen LogP contribution in [0.5, 0.6) is 0 Å². The van der Waals surface area contributed by atoms with Crippen LogP contribution in [0.25, 0.3) is 17.2 Å². The number of rotatable bonds is 4. The normalized spacial score (nSPS) is 21.3. The molecule has 0 bridgehead atoms. The number of allylic oxidation sites excluding steroid dienone is 1. The predicted octanol–water partition coefficient (Wildman–Crippen LogP) is 6.46. The van der Waals surface area contributed by atoms with Crippen LogP contribution in [0.15, 0.2) is 67.8 Å². The van der Waals surface area contributed by atoms with E-state index in [0.29, 0.717) is 0 Å². The molecule has 22 heavy (non-hydrogen) atoms. The van der Waals surface area contributed by atoms with Crippen molar-refractivity contribution in [3.63, 3.8) is 0 Å². The summed E-state index contributed by atoms with van der Waals surface area (Å²) in [5.74, 6) is 1.47. The molecule has 0 N–H and O–H groups in total. The zero-order valence-electron chi connectivity index (χ0n) is 13.2. The average Bonchev–Trinajstić information content (AvgIpc) is 2.62. The molecule has 1 aliphatic rings. The first-order valence-electron chi connectivity index (χ1n) is 8.25. The smallest absolute Gasteiger partial charge is 0.0162 e. The van der Waals surface area contributed by atoms with Crippen LogP contribution in [0.1, 0.15) is 42.7 Å². The Labute approximate surface area is 134 Å². The van der Waals surface area contributed by atoms with E-state index in [9.17, 15) is 0 Å². The molecule has 0 heteroatoms. The van der Waals surface area contributed by atoms with Crippen molar-refractivity contribution in [2.24, 2.45) is 5.92 Å². The molecule has 0 unspecified atom stereocenters. The Bertz CT molecular complexity index is 623. The lowest BCUT2D eigenvalue weighted by molar-refractivity contribution is 0.376. The molecule has 1 fully saturated rings. The maximum Gasteiger partial charge on any atom is -0.0162 e. The zero-order valence-corrected chi connectivity index (χ0v) is 13.2. The number of benzene rings is 2. The van der Waals surface area contributed by atoms with Crippen LogP contribution < -0.4 is 0 Å². The molecule has 0 aliphatic heterocycles. The Balaban J connectivity index is 1.72. The van der Waals surface area contributed by atoms with Crippen LogP contribution in [0.4, 0.5) is 0 Å². The van der Waals surface area contributed by atoms with Gasteiger partial charge in [-0.15, -0.1) is 6.58 Å². The third-order valence-electron chi connectivity index (χ3n) is 4.97. The third-order valence-corrected chi connectivity index (χ3v) is 4.97. The average molecular weight is 288 g/mol. The molecule has 0 saturated heterocycles. The highest BCUT2D eigenvalue weighted by Gasteiger charge is 2.20. The minimum absolute atomic E-state index is 0.730. The van der Waals surface area contributed by atoms with Crippen molar-refractivity contribution in [1.82, 2.24) is 0 Å². The second-order valence-corrected chi connectivity index (χ2v) is 6.30. The highest BCUT2D eigenvalue weighted by molar-refractivity contribution is 5.65. The van der Waals surface area contributed by atoms with Crippen molar-refractivity contribution in [3.05, 3.63) is 78.9 Å². The van der Waals surface area contributed by atoms with Gasteiger partial charge in [0.15, 0.2) is 0 Å². The zero-order chi connectivity index (χ0) is 15.4. The van der Waals surface area contributed by atoms with Gasteiger partial charge >= 0.3 is 0 Å². The Morgan fingerprint density at radius 2 is 1.27 bits per heavy atom. The first-order chi connectivity index (χ1) is 10.8. The monoisotopic (exact) mass is 288 g/mol. The van der Waals surface area contributed by atoms with Gasteiger partial charge in [0.1, 0.15) is 0 Å². The van der Waals surface area contributed by atoms with Crippen molar-refractivity contribution in [1.29, 1.82) is 0 Å². The van der Waals surface area contributed by atoms with Gasteiger partial charge in [-0.1, -0.05) is 67.3 Å². The fourth-order valence-electron chi connectivity index (χ4n) is 3.45. The third kappa shape index (κ3) is 3.22. The Hall–Kier alpha value is -2.08. The second kappa shape index (κ2) is 6.79. The summed E-state index contributed by atoms with van der Waals surface area (Å²) >= 11 is 0. The van der Waals surface area contributed by atoms with Crippen LogP contribution >= 0.6 is 0 Å². The van der Waals surface area contributed by atoms with Crippen molar-refractivity contribution < 1.29 is 0 Å². The quantitative estimate of drug-likeness (QED) is 0.567. The summed E-state index contributed by atoms with van der Waals surface area (Å²) in [6.07, 6.45) is 9.19. The van der Waals surface area contributed by atoms with E-state index in [-0.39, 0.29) is 0 Å². The van der Waals surface area contributed by atoms with Crippen molar-refractivity contribution in [3.8, 4) is 11.1 Å². The molecule has 0 spiro atoms. The van der Waals surface area contributed by atoms with Crippen LogP contribution in [-0.4, -0.2) is 0 Å². The summed E-state index contributed by atoms with van der Waals surface area (Å²) < 4.78 is 0. The Morgan fingerprint density at radius 1 is 0.727 bits per heavy atom. The van der Waals surface area contributed by atoms with Gasteiger partial charge in [0.2, 0.25) is 0 Å². The van der Waals surface area contributed by atoms with Gasteiger partial charge < -0.3 is 0 Å². The van der Waals surface area contributed by atoms with Crippen LogP contribution in [0, 0.1) is 5.92 Å². The fraction of sp³-hybridized carbons (Fsp3) is 0.273. The van der Waals surface area contributed by atoms with Crippen LogP contribution in [0.3, 0.4) is 0 Å². The molecule has 0 aromatic heterocycles. The molecule has 0 radical (unpaired) electrons. The van der Waals surface area contributed by atoms with E-state index in [1.165, 1.54) is 47.9 Å².